The number of carbonyl (C=O) groups is 1. The molecule has 30 heavy (non-hydrogen) atoms. The fourth-order valence-corrected chi connectivity index (χ4v) is 3.91. The summed E-state index contributed by atoms with van der Waals surface area (Å²) in [7, 11) is 0. The summed E-state index contributed by atoms with van der Waals surface area (Å²) in [6.07, 6.45) is 4.50. The van der Waals surface area contributed by atoms with Crippen molar-refractivity contribution in [1.82, 2.24) is 0 Å². The first kappa shape index (κ1) is 20.2. The van der Waals surface area contributed by atoms with E-state index in [2.05, 4.69) is 24.9 Å². The molecule has 0 atom stereocenters. The van der Waals surface area contributed by atoms with Gasteiger partial charge in [-0.05, 0) is 52.3 Å². The molecule has 0 aromatic heterocycles. The summed E-state index contributed by atoms with van der Waals surface area (Å²) in [6, 6.07) is 13.8. The number of fused-ring (bicyclic) bond motifs is 1. The highest BCUT2D eigenvalue weighted by atomic mass is 16.5. The zero-order valence-corrected chi connectivity index (χ0v) is 18.1. The standard InChI is InChI=1S/C25H28N2O3/c1-17-11-13-20(14-12-17)27(22-10-5-7-18(2)26-22)23(28)16-29-21-9-6-8-19-15-25(3,4)30-24(19)21/h6-9,11-14H,5,10,15-16H2,1-4H3. The van der Waals surface area contributed by atoms with Gasteiger partial charge in [-0.3, -0.25) is 9.69 Å². The van der Waals surface area contributed by atoms with Crippen LogP contribution in [0.3, 0.4) is 0 Å². The first-order chi connectivity index (χ1) is 14.3. The summed E-state index contributed by atoms with van der Waals surface area (Å²) in [5.74, 6) is 1.95. The zero-order chi connectivity index (χ0) is 21.3. The lowest BCUT2D eigenvalue weighted by atomic mass is 10.0. The Hall–Kier alpha value is -3.08. The van der Waals surface area contributed by atoms with Crippen molar-refractivity contribution in [2.75, 3.05) is 11.5 Å². The molecule has 2 aromatic carbocycles. The van der Waals surface area contributed by atoms with E-state index < -0.39 is 0 Å². The summed E-state index contributed by atoms with van der Waals surface area (Å²) in [5.41, 5.74) is 3.72. The van der Waals surface area contributed by atoms with E-state index >= 15 is 0 Å². The number of rotatable bonds is 4. The fraction of sp³-hybridized carbons (Fsp3) is 0.360. The number of hydrogen-bond donors (Lipinski definition) is 0. The highest BCUT2D eigenvalue weighted by Gasteiger charge is 2.32. The Kier molecular flexibility index (Phi) is 5.37. The smallest absolute Gasteiger partial charge is 0.270 e. The third-order valence-corrected chi connectivity index (χ3v) is 5.32. The van der Waals surface area contributed by atoms with Crippen molar-refractivity contribution in [2.24, 2.45) is 4.99 Å². The predicted molar refractivity (Wildman–Crippen MR) is 119 cm³/mol. The monoisotopic (exact) mass is 404 g/mol. The van der Waals surface area contributed by atoms with Crippen LogP contribution in [0.15, 0.2) is 59.2 Å². The minimum Gasteiger partial charge on any atom is -0.483 e. The van der Waals surface area contributed by atoms with E-state index in [1.165, 1.54) is 0 Å². The molecule has 1 amide bonds. The van der Waals surface area contributed by atoms with Crippen LogP contribution in [-0.4, -0.2) is 24.0 Å². The number of amidine groups is 1. The number of aliphatic imine (C=N–C) groups is 1. The minimum absolute atomic E-state index is 0.0874. The van der Waals surface area contributed by atoms with E-state index in [1.54, 1.807) is 4.90 Å². The molecule has 156 valence electrons. The van der Waals surface area contributed by atoms with E-state index in [0.717, 1.165) is 53.4 Å². The van der Waals surface area contributed by atoms with Gasteiger partial charge in [0.2, 0.25) is 0 Å². The molecular weight excluding hydrogens is 376 g/mol. The van der Waals surface area contributed by atoms with Crippen LogP contribution in [0.25, 0.3) is 0 Å². The van der Waals surface area contributed by atoms with Crippen molar-refractivity contribution in [2.45, 2.75) is 52.6 Å². The highest BCUT2D eigenvalue weighted by molar-refractivity contribution is 6.18. The third kappa shape index (κ3) is 4.25. The lowest BCUT2D eigenvalue weighted by Crippen LogP contribution is -2.40. The predicted octanol–water partition coefficient (Wildman–Crippen LogP) is 5.22. The Morgan fingerprint density at radius 3 is 2.67 bits per heavy atom. The average molecular weight is 405 g/mol. The van der Waals surface area contributed by atoms with E-state index in [-0.39, 0.29) is 18.1 Å². The SMILES string of the molecule is CC1=CCCC(N(C(=O)COc2cccc3c2OC(C)(C)C3)c2ccc(C)cc2)=N1. The second-order valence-corrected chi connectivity index (χ2v) is 8.55. The van der Waals surface area contributed by atoms with Gasteiger partial charge in [-0.1, -0.05) is 35.9 Å². The molecule has 5 nitrogen and oxygen atoms in total. The second-order valence-electron chi connectivity index (χ2n) is 8.55. The normalized spacial score (nSPS) is 16.8. The topological polar surface area (TPSA) is 51.1 Å². The zero-order valence-electron chi connectivity index (χ0n) is 18.1. The van der Waals surface area contributed by atoms with Gasteiger partial charge in [0, 0.05) is 24.1 Å². The van der Waals surface area contributed by atoms with Crippen LogP contribution >= 0.6 is 0 Å². The van der Waals surface area contributed by atoms with Crippen LogP contribution in [0.1, 0.15) is 44.7 Å². The molecule has 0 saturated heterocycles. The number of para-hydroxylation sites is 1. The Morgan fingerprint density at radius 1 is 1.17 bits per heavy atom. The van der Waals surface area contributed by atoms with Crippen molar-refractivity contribution < 1.29 is 14.3 Å². The number of allylic oxidation sites excluding steroid dienone is 2. The molecule has 2 aromatic rings. The van der Waals surface area contributed by atoms with Crippen molar-refractivity contribution in [3.05, 3.63) is 65.4 Å². The largest absolute Gasteiger partial charge is 0.483 e. The van der Waals surface area contributed by atoms with Crippen molar-refractivity contribution in [3.8, 4) is 11.5 Å². The summed E-state index contributed by atoms with van der Waals surface area (Å²) < 4.78 is 12.0. The summed E-state index contributed by atoms with van der Waals surface area (Å²) in [6.45, 7) is 8.01. The first-order valence-electron chi connectivity index (χ1n) is 10.4. The molecule has 0 spiro atoms. The lowest BCUT2D eigenvalue weighted by Gasteiger charge is -2.26. The van der Waals surface area contributed by atoms with Gasteiger partial charge >= 0.3 is 0 Å². The Labute approximate surface area is 178 Å². The fourth-order valence-electron chi connectivity index (χ4n) is 3.91. The summed E-state index contributed by atoms with van der Waals surface area (Å²) in [5, 5.41) is 0. The van der Waals surface area contributed by atoms with Crippen molar-refractivity contribution in [1.29, 1.82) is 0 Å². The second kappa shape index (κ2) is 7.98. The van der Waals surface area contributed by atoms with Crippen molar-refractivity contribution in [3.63, 3.8) is 0 Å². The molecule has 2 heterocycles. The molecule has 2 aliphatic heterocycles. The number of anilines is 1. The van der Waals surface area contributed by atoms with Crippen LogP contribution in [0.2, 0.25) is 0 Å². The molecule has 4 rings (SSSR count). The van der Waals surface area contributed by atoms with Crippen LogP contribution in [-0.2, 0) is 11.2 Å². The van der Waals surface area contributed by atoms with Gasteiger partial charge in [-0.2, -0.15) is 0 Å². The molecule has 0 radical (unpaired) electrons. The van der Waals surface area contributed by atoms with Gasteiger partial charge in [-0.25, -0.2) is 4.99 Å². The molecule has 0 bridgehead atoms. The maximum atomic E-state index is 13.3. The number of carbonyl (C=O) groups excluding carboxylic acids is 1. The number of ether oxygens (including phenoxy) is 2. The van der Waals surface area contributed by atoms with Crippen LogP contribution in [0, 0.1) is 6.92 Å². The Bertz CT molecular complexity index is 1020. The summed E-state index contributed by atoms with van der Waals surface area (Å²) >= 11 is 0. The molecule has 2 aliphatic rings. The quantitative estimate of drug-likeness (QED) is 0.702. The number of aryl methyl sites for hydroxylation is 1. The van der Waals surface area contributed by atoms with Gasteiger partial charge in [0.15, 0.2) is 18.1 Å². The first-order valence-corrected chi connectivity index (χ1v) is 10.4. The minimum atomic E-state index is -0.263. The van der Waals surface area contributed by atoms with Crippen molar-refractivity contribution >= 4 is 17.4 Å². The Morgan fingerprint density at radius 2 is 1.93 bits per heavy atom. The molecular formula is C25H28N2O3. The summed E-state index contributed by atoms with van der Waals surface area (Å²) in [4.78, 5) is 19.6. The highest BCUT2D eigenvalue weighted by Crippen LogP contribution is 2.41. The molecule has 0 saturated carbocycles. The maximum absolute atomic E-state index is 13.3. The van der Waals surface area contributed by atoms with E-state index in [9.17, 15) is 4.79 Å². The van der Waals surface area contributed by atoms with Gasteiger partial charge in [0.1, 0.15) is 11.4 Å². The van der Waals surface area contributed by atoms with Gasteiger partial charge in [0.25, 0.3) is 5.91 Å². The van der Waals surface area contributed by atoms with Crippen LogP contribution in [0.5, 0.6) is 11.5 Å². The molecule has 0 aliphatic carbocycles. The number of amides is 1. The van der Waals surface area contributed by atoms with Gasteiger partial charge < -0.3 is 9.47 Å². The third-order valence-electron chi connectivity index (χ3n) is 5.32. The van der Waals surface area contributed by atoms with E-state index in [1.807, 2.05) is 56.3 Å². The molecule has 5 heteroatoms. The average Bonchev–Trinajstić information content (AvgIpc) is 3.02. The maximum Gasteiger partial charge on any atom is 0.270 e. The molecule has 0 unspecified atom stereocenters. The molecule has 0 fully saturated rings. The molecule has 0 N–H and O–H groups in total. The van der Waals surface area contributed by atoms with Gasteiger partial charge in [-0.15, -0.1) is 0 Å². The number of nitrogens with zero attached hydrogens (tertiary/aromatic N) is 2. The van der Waals surface area contributed by atoms with Crippen LogP contribution in [0.4, 0.5) is 5.69 Å². The lowest BCUT2D eigenvalue weighted by molar-refractivity contribution is -0.119. The number of benzene rings is 2. The van der Waals surface area contributed by atoms with Crippen LogP contribution < -0.4 is 14.4 Å². The van der Waals surface area contributed by atoms with Gasteiger partial charge in [0.05, 0.1) is 5.69 Å². The van der Waals surface area contributed by atoms with E-state index in [4.69, 9.17) is 9.47 Å². The van der Waals surface area contributed by atoms with E-state index in [0.29, 0.717) is 5.75 Å². The Balaban J connectivity index is 1.57. The number of hydrogen-bond acceptors (Lipinski definition) is 4.